The first kappa shape index (κ1) is 15.4. The van der Waals surface area contributed by atoms with Gasteiger partial charge in [-0.3, -0.25) is 0 Å². The fourth-order valence-electron chi connectivity index (χ4n) is 1.62. The number of nitrogens with one attached hydrogen (secondary N) is 1. The van der Waals surface area contributed by atoms with Crippen LogP contribution in [0.1, 0.15) is 25.8 Å². The summed E-state index contributed by atoms with van der Waals surface area (Å²) in [6.45, 7) is 4.91. The number of para-hydroxylation sites is 1. The highest BCUT2D eigenvalue weighted by Crippen LogP contribution is 2.24. The first-order chi connectivity index (χ1) is 9.10. The summed E-state index contributed by atoms with van der Waals surface area (Å²) in [5.41, 5.74) is 0.684. The van der Waals surface area contributed by atoms with Gasteiger partial charge in [-0.05, 0) is 26.0 Å². The molecule has 0 aliphatic heterocycles. The number of carbonyl (C=O) groups is 1. The summed E-state index contributed by atoms with van der Waals surface area (Å²) >= 11 is 0. The zero-order valence-corrected chi connectivity index (χ0v) is 11.5. The smallest absolute Gasteiger partial charge is 0.346 e. The van der Waals surface area contributed by atoms with Gasteiger partial charge in [-0.25, -0.2) is 9.18 Å². The van der Waals surface area contributed by atoms with Gasteiger partial charge in [0.25, 0.3) is 0 Å². The lowest BCUT2D eigenvalue weighted by atomic mass is 10.2. The van der Waals surface area contributed by atoms with E-state index < -0.39 is 17.9 Å². The Bertz CT molecular complexity index is 423. The van der Waals surface area contributed by atoms with Gasteiger partial charge in [0, 0.05) is 12.1 Å². The number of benzene rings is 1. The van der Waals surface area contributed by atoms with Gasteiger partial charge in [0.1, 0.15) is 0 Å². The Morgan fingerprint density at radius 2 is 2.21 bits per heavy atom. The minimum absolute atomic E-state index is 0.101. The summed E-state index contributed by atoms with van der Waals surface area (Å²) in [7, 11) is 1.27. The molecule has 1 aromatic rings. The van der Waals surface area contributed by atoms with Gasteiger partial charge >= 0.3 is 5.97 Å². The van der Waals surface area contributed by atoms with Crippen LogP contribution in [0.5, 0.6) is 5.75 Å². The fourth-order valence-corrected chi connectivity index (χ4v) is 1.62. The number of hydrogen-bond acceptors (Lipinski definition) is 4. The highest BCUT2D eigenvalue weighted by Gasteiger charge is 2.19. The van der Waals surface area contributed by atoms with Crippen molar-refractivity contribution in [1.29, 1.82) is 0 Å². The van der Waals surface area contributed by atoms with E-state index in [1.807, 2.05) is 0 Å². The number of methoxy groups -OCH3 is 1. The highest BCUT2D eigenvalue weighted by molar-refractivity contribution is 5.74. The summed E-state index contributed by atoms with van der Waals surface area (Å²) in [6, 6.07) is 4.70. The largest absolute Gasteiger partial charge is 0.476 e. The standard InChI is InChI=1S/C14H20FNO3/c1-4-8-16-9-11-6-5-7-12(15)13(11)19-10(2)14(17)18-3/h5-7,10,16H,4,8-9H2,1-3H3. The molecule has 0 bridgehead atoms. The van der Waals surface area contributed by atoms with Gasteiger partial charge < -0.3 is 14.8 Å². The molecule has 0 aromatic heterocycles. The molecule has 19 heavy (non-hydrogen) atoms. The number of esters is 1. The van der Waals surface area contributed by atoms with E-state index in [0.29, 0.717) is 12.1 Å². The van der Waals surface area contributed by atoms with Crippen LogP contribution in [0.2, 0.25) is 0 Å². The van der Waals surface area contributed by atoms with Crippen molar-refractivity contribution in [2.75, 3.05) is 13.7 Å². The molecule has 0 radical (unpaired) electrons. The third-order valence-electron chi connectivity index (χ3n) is 2.62. The van der Waals surface area contributed by atoms with Crippen LogP contribution in [0, 0.1) is 5.82 Å². The molecule has 0 heterocycles. The van der Waals surface area contributed by atoms with Gasteiger partial charge in [-0.15, -0.1) is 0 Å². The fraction of sp³-hybridized carbons (Fsp3) is 0.500. The number of halogens is 1. The monoisotopic (exact) mass is 269 g/mol. The zero-order valence-electron chi connectivity index (χ0n) is 11.5. The predicted molar refractivity (Wildman–Crippen MR) is 70.5 cm³/mol. The molecule has 1 rings (SSSR count). The van der Waals surface area contributed by atoms with Crippen molar-refractivity contribution in [3.63, 3.8) is 0 Å². The summed E-state index contributed by atoms with van der Waals surface area (Å²) in [5.74, 6) is -0.911. The maximum Gasteiger partial charge on any atom is 0.346 e. The summed E-state index contributed by atoms with van der Waals surface area (Å²) in [4.78, 5) is 11.3. The summed E-state index contributed by atoms with van der Waals surface area (Å²) in [6.07, 6.45) is 0.149. The second-order valence-corrected chi connectivity index (χ2v) is 4.19. The Morgan fingerprint density at radius 3 is 2.84 bits per heavy atom. The van der Waals surface area contributed by atoms with Gasteiger partial charge in [0.2, 0.25) is 0 Å². The number of carbonyl (C=O) groups excluding carboxylic acids is 1. The molecule has 1 N–H and O–H groups in total. The Balaban J connectivity index is 2.82. The lowest BCUT2D eigenvalue weighted by Crippen LogP contribution is -2.26. The maximum absolute atomic E-state index is 13.8. The highest BCUT2D eigenvalue weighted by atomic mass is 19.1. The minimum Gasteiger partial charge on any atom is -0.476 e. The quantitative estimate of drug-likeness (QED) is 0.609. The number of ether oxygens (including phenoxy) is 2. The first-order valence-electron chi connectivity index (χ1n) is 6.32. The molecule has 4 nitrogen and oxygen atoms in total. The average molecular weight is 269 g/mol. The van der Waals surface area contributed by atoms with E-state index in [0.717, 1.165) is 13.0 Å². The first-order valence-corrected chi connectivity index (χ1v) is 6.32. The van der Waals surface area contributed by atoms with Gasteiger partial charge in [-0.1, -0.05) is 19.1 Å². The Hall–Kier alpha value is -1.62. The number of hydrogen-bond donors (Lipinski definition) is 1. The SMILES string of the molecule is CCCNCc1cccc(F)c1OC(C)C(=O)OC. The molecule has 106 valence electrons. The molecule has 5 heteroatoms. The second kappa shape index (κ2) is 7.74. The van der Waals surface area contributed by atoms with E-state index in [4.69, 9.17) is 4.74 Å². The Labute approximate surface area is 112 Å². The van der Waals surface area contributed by atoms with Crippen molar-refractivity contribution < 1.29 is 18.7 Å². The lowest BCUT2D eigenvalue weighted by Gasteiger charge is -2.16. The van der Waals surface area contributed by atoms with E-state index in [1.54, 1.807) is 12.1 Å². The van der Waals surface area contributed by atoms with Crippen LogP contribution in [0.3, 0.4) is 0 Å². The van der Waals surface area contributed by atoms with Gasteiger partial charge in [0.05, 0.1) is 7.11 Å². The van der Waals surface area contributed by atoms with Crippen LogP contribution < -0.4 is 10.1 Å². The van der Waals surface area contributed by atoms with Gasteiger partial charge in [0.15, 0.2) is 17.7 Å². The third-order valence-corrected chi connectivity index (χ3v) is 2.62. The Kier molecular flexibility index (Phi) is 6.29. The van der Waals surface area contributed by atoms with Crippen molar-refractivity contribution in [2.45, 2.75) is 32.9 Å². The van der Waals surface area contributed by atoms with Crippen LogP contribution in [-0.4, -0.2) is 25.7 Å². The third kappa shape index (κ3) is 4.52. The van der Waals surface area contributed by atoms with E-state index in [9.17, 15) is 9.18 Å². The molecule has 1 aromatic carbocycles. The normalized spacial score (nSPS) is 12.0. The molecule has 0 aliphatic carbocycles. The molecular weight excluding hydrogens is 249 g/mol. The minimum atomic E-state index is -0.841. The van der Waals surface area contributed by atoms with Crippen LogP contribution >= 0.6 is 0 Å². The van der Waals surface area contributed by atoms with Crippen LogP contribution in [-0.2, 0) is 16.1 Å². The molecular formula is C14H20FNO3. The van der Waals surface area contributed by atoms with Crippen molar-refractivity contribution in [3.8, 4) is 5.75 Å². The predicted octanol–water partition coefficient (Wildman–Crippen LogP) is 2.27. The molecule has 1 atom stereocenters. The van der Waals surface area contributed by atoms with Gasteiger partial charge in [-0.2, -0.15) is 0 Å². The molecule has 0 saturated heterocycles. The van der Waals surface area contributed by atoms with E-state index in [1.165, 1.54) is 20.1 Å². The number of rotatable bonds is 7. The van der Waals surface area contributed by atoms with E-state index in [2.05, 4.69) is 17.0 Å². The molecule has 0 amide bonds. The van der Waals surface area contributed by atoms with Crippen LogP contribution in [0.25, 0.3) is 0 Å². The molecule has 1 unspecified atom stereocenters. The van der Waals surface area contributed by atoms with Crippen molar-refractivity contribution in [2.24, 2.45) is 0 Å². The summed E-state index contributed by atoms with van der Waals surface area (Å²) in [5, 5.41) is 3.17. The second-order valence-electron chi connectivity index (χ2n) is 4.19. The zero-order chi connectivity index (χ0) is 14.3. The molecule has 0 fully saturated rings. The van der Waals surface area contributed by atoms with Crippen molar-refractivity contribution in [1.82, 2.24) is 5.32 Å². The maximum atomic E-state index is 13.8. The Morgan fingerprint density at radius 1 is 1.47 bits per heavy atom. The van der Waals surface area contributed by atoms with Crippen LogP contribution in [0.15, 0.2) is 18.2 Å². The van der Waals surface area contributed by atoms with E-state index in [-0.39, 0.29) is 5.75 Å². The van der Waals surface area contributed by atoms with Crippen molar-refractivity contribution >= 4 is 5.97 Å². The molecule has 0 saturated carbocycles. The molecule has 0 spiro atoms. The topological polar surface area (TPSA) is 47.6 Å². The molecule has 0 aliphatic rings. The summed E-state index contributed by atoms with van der Waals surface area (Å²) < 4.78 is 23.7. The van der Waals surface area contributed by atoms with Crippen molar-refractivity contribution in [3.05, 3.63) is 29.6 Å². The lowest BCUT2D eigenvalue weighted by molar-refractivity contribution is -0.148. The van der Waals surface area contributed by atoms with E-state index >= 15 is 0 Å². The van der Waals surface area contributed by atoms with Crippen LogP contribution in [0.4, 0.5) is 4.39 Å². The average Bonchev–Trinajstić information content (AvgIpc) is 2.41.